The van der Waals surface area contributed by atoms with Crippen LogP contribution in [0.1, 0.15) is 25.8 Å². The van der Waals surface area contributed by atoms with Crippen LogP contribution in [0.5, 0.6) is 5.75 Å². The lowest BCUT2D eigenvalue weighted by atomic mass is 10.0. The predicted octanol–water partition coefficient (Wildman–Crippen LogP) is 1.79. The number of aliphatic hydroxyl groups excluding tert-OH is 1. The first-order valence-corrected chi connectivity index (χ1v) is 8.72. The van der Waals surface area contributed by atoms with Crippen molar-refractivity contribution in [2.45, 2.75) is 38.1 Å². The second-order valence-electron chi connectivity index (χ2n) is 5.49. The third-order valence-corrected chi connectivity index (χ3v) is 5.99. The molecule has 2 atom stereocenters. The maximum Gasteiger partial charge on any atom is 0.243 e. The van der Waals surface area contributed by atoms with Gasteiger partial charge in [-0.1, -0.05) is 6.92 Å². The van der Waals surface area contributed by atoms with Crippen molar-refractivity contribution in [3.05, 3.63) is 23.8 Å². The number of hydrogen-bond acceptors (Lipinski definition) is 4. The van der Waals surface area contributed by atoms with E-state index in [1.807, 2.05) is 20.8 Å². The Labute approximate surface area is 126 Å². The van der Waals surface area contributed by atoms with Crippen LogP contribution in [0.3, 0.4) is 0 Å². The van der Waals surface area contributed by atoms with E-state index < -0.39 is 10.0 Å². The summed E-state index contributed by atoms with van der Waals surface area (Å²) in [5.41, 5.74) is 0.797. The molecule has 0 aliphatic carbocycles. The predicted molar refractivity (Wildman–Crippen MR) is 80.9 cm³/mol. The molecular weight excluding hydrogens is 290 g/mol. The molecule has 118 valence electrons. The van der Waals surface area contributed by atoms with Crippen LogP contribution in [-0.2, 0) is 10.0 Å². The number of ether oxygens (including phenoxy) is 1. The molecule has 21 heavy (non-hydrogen) atoms. The third-order valence-electron chi connectivity index (χ3n) is 4.07. The molecule has 1 aromatic rings. The number of nitrogens with zero attached hydrogens (tertiary/aromatic N) is 1. The molecule has 1 aliphatic heterocycles. The van der Waals surface area contributed by atoms with Crippen LogP contribution < -0.4 is 4.74 Å². The van der Waals surface area contributed by atoms with E-state index in [-0.39, 0.29) is 23.5 Å². The van der Waals surface area contributed by atoms with Crippen LogP contribution >= 0.6 is 0 Å². The van der Waals surface area contributed by atoms with Gasteiger partial charge in [0.25, 0.3) is 0 Å². The summed E-state index contributed by atoms with van der Waals surface area (Å²) in [5, 5.41) is 9.46. The largest absolute Gasteiger partial charge is 0.494 e. The van der Waals surface area contributed by atoms with Gasteiger partial charge in [0.05, 0.1) is 24.2 Å². The van der Waals surface area contributed by atoms with E-state index in [9.17, 15) is 13.5 Å². The summed E-state index contributed by atoms with van der Waals surface area (Å²) in [7, 11) is -3.57. The molecule has 1 heterocycles. The number of sulfonamides is 1. The molecule has 1 N–H and O–H groups in total. The van der Waals surface area contributed by atoms with E-state index in [1.165, 1.54) is 4.31 Å². The topological polar surface area (TPSA) is 66.8 Å². The molecule has 0 radical (unpaired) electrons. The molecule has 0 saturated carbocycles. The van der Waals surface area contributed by atoms with Gasteiger partial charge in [0.2, 0.25) is 10.0 Å². The van der Waals surface area contributed by atoms with E-state index in [4.69, 9.17) is 4.74 Å². The van der Waals surface area contributed by atoms with Crippen molar-refractivity contribution in [3.63, 3.8) is 0 Å². The van der Waals surface area contributed by atoms with Crippen molar-refractivity contribution in [2.24, 2.45) is 5.92 Å². The Kier molecular flexibility index (Phi) is 4.91. The SMILES string of the molecule is CCOc1ccc(S(=O)(=O)N2CCC(C)C2CO)cc1C. The summed E-state index contributed by atoms with van der Waals surface area (Å²) in [4.78, 5) is 0.260. The summed E-state index contributed by atoms with van der Waals surface area (Å²) in [5.74, 6) is 0.874. The highest BCUT2D eigenvalue weighted by Crippen LogP contribution is 2.31. The number of aryl methyl sites for hydroxylation is 1. The molecule has 0 spiro atoms. The number of benzene rings is 1. The first-order valence-electron chi connectivity index (χ1n) is 7.28. The van der Waals surface area contributed by atoms with E-state index >= 15 is 0 Å². The lowest BCUT2D eigenvalue weighted by Gasteiger charge is -2.24. The zero-order chi connectivity index (χ0) is 15.6. The highest BCUT2D eigenvalue weighted by Gasteiger charge is 2.39. The minimum Gasteiger partial charge on any atom is -0.494 e. The van der Waals surface area contributed by atoms with E-state index in [1.54, 1.807) is 18.2 Å². The number of hydrogen-bond donors (Lipinski definition) is 1. The molecule has 2 rings (SSSR count). The van der Waals surface area contributed by atoms with Crippen LogP contribution in [0.15, 0.2) is 23.1 Å². The van der Waals surface area contributed by atoms with Crippen LogP contribution in [0.2, 0.25) is 0 Å². The van der Waals surface area contributed by atoms with Gasteiger partial charge in [0.1, 0.15) is 5.75 Å². The van der Waals surface area contributed by atoms with Crippen molar-refractivity contribution < 1.29 is 18.3 Å². The lowest BCUT2D eigenvalue weighted by Crippen LogP contribution is -2.39. The molecule has 1 saturated heterocycles. The number of aliphatic hydroxyl groups is 1. The van der Waals surface area contributed by atoms with Gasteiger partial charge in [0, 0.05) is 6.54 Å². The minimum absolute atomic E-state index is 0.142. The van der Waals surface area contributed by atoms with Crippen LogP contribution in [0.4, 0.5) is 0 Å². The maximum atomic E-state index is 12.7. The summed E-state index contributed by atoms with van der Waals surface area (Å²) < 4.78 is 32.4. The molecule has 1 aromatic carbocycles. The van der Waals surface area contributed by atoms with Gasteiger partial charge < -0.3 is 9.84 Å². The molecule has 6 heteroatoms. The van der Waals surface area contributed by atoms with Gasteiger partial charge in [-0.05, 0) is 49.9 Å². The Balaban J connectivity index is 2.34. The Bertz CT molecular complexity index is 600. The normalized spacial score (nSPS) is 23.4. The summed E-state index contributed by atoms with van der Waals surface area (Å²) in [6.45, 7) is 6.56. The van der Waals surface area contributed by atoms with Crippen molar-refractivity contribution in [3.8, 4) is 5.75 Å². The standard InChI is InChI=1S/C15H23NO4S/c1-4-20-15-6-5-13(9-12(15)3)21(18,19)16-8-7-11(2)14(16)10-17/h5-6,9,11,14,17H,4,7-8,10H2,1-3H3. The van der Waals surface area contributed by atoms with Gasteiger partial charge in [-0.25, -0.2) is 8.42 Å². The van der Waals surface area contributed by atoms with Crippen LogP contribution in [0.25, 0.3) is 0 Å². The quantitative estimate of drug-likeness (QED) is 0.900. The van der Waals surface area contributed by atoms with Crippen molar-refractivity contribution >= 4 is 10.0 Å². The molecule has 1 aliphatic rings. The van der Waals surface area contributed by atoms with Crippen molar-refractivity contribution in [1.82, 2.24) is 4.31 Å². The van der Waals surface area contributed by atoms with E-state index in [2.05, 4.69) is 0 Å². The van der Waals surface area contributed by atoms with E-state index in [0.717, 1.165) is 12.0 Å². The van der Waals surface area contributed by atoms with Gasteiger partial charge in [0.15, 0.2) is 0 Å². The zero-order valence-electron chi connectivity index (χ0n) is 12.7. The maximum absolute atomic E-state index is 12.7. The second-order valence-corrected chi connectivity index (χ2v) is 7.38. The minimum atomic E-state index is -3.57. The zero-order valence-corrected chi connectivity index (χ0v) is 13.6. The Morgan fingerprint density at radius 3 is 2.71 bits per heavy atom. The third kappa shape index (κ3) is 3.07. The monoisotopic (exact) mass is 313 g/mol. The van der Waals surface area contributed by atoms with E-state index in [0.29, 0.717) is 18.9 Å². The summed E-state index contributed by atoms with van der Waals surface area (Å²) in [6.07, 6.45) is 0.778. The Morgan fingerprint density at radius 1 is 1.43 bits per heavy atom. The van der Waals surface area contributed by atoms with Gasteiger partial charge >= 0.3 is 0 Å². The van der Waals surface area contributed by atoms with Crippen LogP contribution in [0, 0.1) is 12.8 Å². The van der Waals surface area contributed by atoms with Gasteiger partial charge in [-0.3, -0.25) is 0 Å². The Hall–Kier alpha value is -1.11. The molecule has 1 fully saturated rings. The van der Waals surface area contributed by atoms with Crippen molar-refractivity contribution in [2.75, 3.05) is 19.8 Å². The summed E-state index contributed by atoms with van der Waals surface area (Å²) >= 11 is 0. The molecule has 0 bridgehead atoms. The molecule has 5 nitrogen and oxygen atoms in total. The fourth-order valence-electron chi connectivity index (χ4n) is 2.78. The van der Waals surface area contributed by atoms with Crippen molar-refractivity contribution in [1.29, 1.82) is 0 Å². The highest BCUT2D eigenvalue weighted by molar-refractivity contribution is 7.89. The van der Waals surface area contributed by atoms with Gasteiger partial charge in [-0.15, -0.1) is 0 Å². The number of rotatable bonds is 5. The molecule has 2 unspecified atom stereocenters. The summed E-state index contributed by atoms with van der Waals surface area (Å²) in [6, 6.07) is 4.57. The molecular formula is C15H23NO4S. The van der Waals surface area contributed by atoms with Crippen LogP contribution in [-0.4, -0.2) is 43.6 Å². The average molecular weight is 313 g/mol. The lowest BCUT2D eigenvalue weighted by molar-refractivity contribution is 0.191. The average Bonchev–Trinajstić information content (AvgIpc) is 2.82. The first-order chi connectivity index (χ1) is 9.91. The molecule has 0 amide bonds. The Morgan fingerprint density at radius 2 is 2.14 bits per heavy atom. The molecule has 0 aromatic heterocycles. The highest BCUT2D eigenvalue weighted by atomic mass is 32.2. The fraction of sp³-hybridized carbons (Fsp3) is 0.600. The second kappa shape index (κ2) is 6.34. The van der Waals surface area contributed by atoms with Gasteiger partial charge in [-0.2, -0.15) is 4.31 Å². The fourth-order valence-corrected chi connectivity index (χ4v) is 4.59. The first kappa shape index (κ1) is 16.3. The smallest absolute Gasteiger partial charge is 0.243 e.